The Kier molecular flexibility index (Phi) is 5.18. The molecule has 0 bridgehead atoms. The van der Waals surface area contributed by atoms with Crippen LogP contribution in [-0.2, 0) is 0 Å². The van der Waals surface area contributed by atoms with Crippen molar-refractivity contribution in [2.45, 2.75) is 0 Å². The zero-order valence-electron chi connectivity index (χ0n) is 14.4. The summed E-state index contributed by atoms with van der Waals surface area (Å²) in [5, 5.41) is 4.66. The molecule has 28 heavy (non-hydrogen) atoms. The van der Waals surface area contributed by atoms with E-state index in [1.54, 1.807) is 18.2 Å². The van der Waals surface area contributed by atoms with Gasteiger partial charge in [0.05, 0.1) is 16.1 Å². The van der Waals surface area contributed by atoms with Crippen molar-refractivity contribution in [3.63, 3.8) is 0 Å². The number of nitrogens with one attached hydrogen (secondary N) is 1. The Morgan fingerprint density at radius 2 is 1.61 bits per heavy atom. The van der Waals surface area contributed by atoms with Crippen LogP contribution in [0.4, 0.5) is 5.00 Å². The number of amides is 1. The molecule has 1 N–H and O–H groups in total. The average molecular weight is 426 g/mol. The lowest BCUT2D eigenvalue weighted by molar-refractivity contribution is 0.102. The van der Waals surface area contributed by atoms with Gasteiger partial charge in [-0.05, 0) is 35.9 Å². The van der Waals surface area contributed by atoms with E-state index in [-0.39, 0.29) is 16.0 Å². The molecule has 0 aliphatic heterocycles. The summed E-state index contributed by atoms with van der Waals surface area (Å²) in [4.78, 5) is 26.0. The highest BCUT2D eigenvalue weighted by molar-refractivity contribution is 7.22. The van der Waals surface area contributed by atoms with Gasteiger partial charge in [0.1, 0.15) is 5.00 Å². The number of anilines is 1. The third-order valence-corrected chi connectivity index (χ3v) is 5.90. The number of carbonyl (C=O) groups excluding carboxylic acids is 1. The first-order valence-corrected chi connectivity index (χ1v) is 9.99. The predicted octanol–water partition coefficient (Wildman–Crippen LogP) is 6.49. The van der Waals surface area contributed by atoms with E-state index in [0.29, 0.717) is 21.0 Å². The summed E-state index contributed by atoms with van der Waals surface area (Å²) in [6.07, 6.45) is 0. The smallest absolute Gasteiger partial charge is 0.257 e. The van der Waals surface area contributed by atoms with Gasteiger partial charge in [-0.2, -0.15) is 0 Å². The SMILES string of the molecule is O=C(Nc1sc2ccccc2c(=O)c1-c1ccccc1)c1ccc(Cl)cc1Cl. The Bertz CT molecular complexity index is 1250. The number of carbonyl (C=O) groups is 1. The van der Waals surface area contributed by atoms with E-state index in [4.69, 9.17) is 23.2 Å². The molecule has 0 aliphatic carbocycles. The zero-order chi connectivity index (χ0) is 19.7. The number of hydrogen-bond donors (Lipinski definition) is 1. The van der Waals surface area contributed by atoms with Crippen LogP contribution in [0.25, 0.3) is 21.2 Å². The van der Waals surface area contributed by atoms with Crippen LogP contribution >= 0.6 is 34.5 Å². The second-order valence-electron chi connectivity index (χ2n) is 6.08. The largest absolute Gasteiger partial charge is 0.313 e. The van der Waals surface area contributed by atoms with Gasteiger partial charge in [-0.25, -0.2) is 0 Å². The van der Waals surface area contributed by atoms with E-state index in [9.17, 15) is 9.59 Å². The monoisotopic (exact) mass is 425 g/mol. The number of hydrogen-bond acceptors (Lipinski definition) is 3. The summed E-state index contributed by atoms with van der Waals surface area (Å²) in [5.41, 5.74) is 1.37. The molecule has 0 aliphatic rings. The molecule has 0 saturated carbocycles. The first-order valence-electron chi connectivity index (χ1n) is 8.42. The molecule has 0 unspecified atom stereocenters. The Morgan fingerprint density at radius 1 is 0.893 bits per heavy atom. The van der Waals surface area contributed by atoms with Crippen molar-refractivity contribution in [2.24, 2.45) is 0 Å². The average Bonchev–Trinajstić information content (AvgIpc) is 2.69. The van der Waals surface area contributed by atoms with Crippen LogP contribution in [0.3, 0.4) is 0 Å². The number of benzene rings is 3. The molecule has 6 heteroatoms. The van der Waals surface area contributed by atoms with Crippen LogP contribution in [0.5, 0.6) is 0 Å². The molecule has 0 atom stereocenters. The van der Waals surface area contributed by atoms with Gasteiger partial charge in [0.25, 0.3) is 5.91 Å². The highest BCUT2D eigenvalue weighted by Crippen LogP contribution is 2.34. The van der Waals surface area contributed by atoms with Crippen LogP contribution in [0.2, 0.25) is 10.0 Å². The quantitative estimate of drug-likeness (QED) is 0.407. The molecule has 0 radical (unpaired) electrons. The fourth-order valence-electron chi connectivity index (χ4n) is 2.94. The summed E-state index contributed by atoms with van der Waals surface area (Å²) in [7, 11) is 0. The van der Waals surface area contributed by atoms with Crippen molar-refractivity contribution < 1.29 is 4.79 Å². The molecule has 0 spiro atoms. The summed E-state index contributed by atoms with van der Waals surface area (Å²) in [6.45, 7) is 0. The summed E-state index contributed by atoms with van der Waals surface area (Å²) < 4.78 is 0.796. The fourth-order valence-corrected chi connectivity index (χ4v) is 4.53. The number of halogens is 2. The Hall–Kier alpha value is -2.66. The Morgan fingerprint density at radius 3 is 2.36 bits per heavy atom. The van der Waals surface area contributed by atoms with Crippen molar-refractivity contribution in [2.75, 3.05) is 5.32 Å². The van der Waals surface area contributed by atoms with Crippen molar-refractivity contribution in [3.05, 3.63) is 98.6 Å². The molecule has 4 aromatic rings. The third kappa shape index (κ3) is 3.54. The maximum atomic E-state index is 13.2. The molecular formula is C22H13Cl2NO2S. The van der Waals surface area contributed by atoms with E-state index in [0.717, 1.165) is 10.3 Å². The van der Waals surface area contributed by atoms with Crippen LogP contribution in [0.15, 0.2) is 77.6 Å². The second kappa shape index (κ2) is 7.76. The van der Waals surface area contributed by atoms with Crippen molar-refractivity contribution in [3.8, 4) is 11.1 Å². The van der Waals surface area contributed by atoms with Crippen LogP contribution < -0.4 is 10.7 Å². The lowest BCUT2D eigenvalue weighted by atomic mass is 10.1. The van der Waals surface area contributed by atoms with Gasteiger partial charge >= 0.3 is 0 Å². The maximum absolute atomic E-state index is 13.2. The van der Waals surface area contributed by atoms with Gasteiger partial charge in [-0.3, -0.25) is 9.59 Å². The van der Waals surface area contributed by atoms with Gasteiger partial charge < -0.3 is 5.32 Å². The van der Waals surface area contributed by atoms with Gasteiger partial charge in [-0.1, -0.05) is 65.7 Å². The molecule has 0 fully saturated rings. The summed E-state index contributed by atoms with van der Waals surface area (Å²) in [6, 6.07) is 21.3. The molecule has 3 nitrogen and oxygen atoms in total. The highest BCUT2D eigenvalue weighted by Gasteiger charge is 2.18. The van der Waals surface area contributed by atoms with Crippen LogP contribution in [0, 0.1) is 0 Å². The van der Waals surface area contributed by atoms with Crippen molar-refractivity contribution >= 4 is 55.5 Å². The minimum absolute atomic E-state index is 0.127. The van der Waals surface area contributed by atoms with Gasteiger partial charge in [0, 0.05) is 15.1 Å². The molecule has 1 heterocycles. The number of rotatable bonds is 3. The first-order chi connectivity index (χ1) is 13.5. The predicted molar refractivity (Wildman–Crippen MR) is 118 cm³/mol. The van der Waals surface area contributed by atoms with E-state index in [1.807, 2.05) is 48.5 Å². The Balaban J connectivity index is 1.88. The van der Waals surface area contributed by atoms with Gasteiger partial charge in [0.15, 0.2) is 5.43 Å². The van der Waals surface area contributed by atoms with E-state index in [2.05, 4.69) is 5.32 Å². The highest BCUT2D eigenvalue weighted by atomic mass is 35.5. The zero-order valence-corrected chi connectivity index (χ0v) is 16.7. The molecule has 138 valence electrons. The second-order valence-corrected chi connectivity index (χ2v) is 7.97. The lowest BCUT2D eigenvalue weighted by Gasteiger charge is -2.12. The summed E-state index contributed by atoms with van der Waals surface area (Å²) in [5.74, 6) is -0.398. The van der Waals surface area contributed by atoms with Crippen molar-refractivity contribution in [1.29, 1.82) is 0 Å². The first kappa shape index (κ1) is 18.7. The molecule has 1 aromatic heterocycles. The topological polar surface area (TPSA) is 46.2 Å². The lowest BCUT2D eigenvalue weighted by Crippen LogP contribution is -2.16. The molecule has 0 saturated heterocycles. The minimum Gasteiger partial charge on any atom is -0.313 e. The normalized spacial score (nSPS) is 10.8. The molecule has 3 aromatic carbocycles. The van der Waals surface area contributed by atoms with E-state index < -0.39 is 5.91 Å². The molecule has 4 rings (SSSR count). The van der Waals surface area contributed by atoms with E-state index >= 15 is 0 Å². The van der Waals surface area contributed by atoms with Crippen molar-refractivity contribution in [1.82, 2.24) is 0 Å². The standard InChI is InChI=1S/C22H13Cl2NO2S/c23-14-10-11-15(17(24)12-14)21(27)25-22-19(13-6-2-1-3-7-13)20(26)16-8-4-5-9-18(16)28-22/h1-12H,(H,25,27). The molecular weight excluding hydrogens is 413 g/mol. The third-order valence-electron chi connectivity index (χ3n) is 4.26. The Labute approximate surface area is 175 Å². The van der Waals surface area contributed by atoms with Gasteiger partial charge in [0.2, 0.25) is 0 Å². The fraction of sp³-hybridized carbons (Fsp3) is 0. The number of fused-ring (bicyclic) bond motifs is 1. The van der Waals surface area contributed by atoms with Gasteiger partial charge in [-0.15, -0.1) is 11.3 Å². The maximum Gasteiger partial charge on any atom is 0.257 e. The minimum atomic E-state index is -0.398. The van der Waals surface area contributed by atoms with Crippen LogP contribution in [0.1, 0.15) is 10.4 Å². The molecule has 1 amide bonds. The summed E-state index contributed by atoms with van der Waals surface area (Å²) >= 11 is 13.4. The van der Waals surface area contributed by atoms with E-state index in [1.165, 1.54) is 17.4 Å². The van der Waals surface area contributed by atoms with Crippen LogP contribution in [-0.4, -0.2) is 5.91 Å².